The van der Waals surface area contributed by atoms with Crippen LogP contribution in [0.25, 0.3) is 16.6 Å². The van der Waals surface area contributed by atoms with Crippen LogP contribution in [0.1, 0.15) is 10.6 Å². The van der Waals surface area contributed by atoms with Crippen LogP contribution >= 0.6 is 0 Å². The Labute approximate surface area is 139 Å². The molecule has 1 aromatic carbocycles. The van der Waals surface area contributed by atoms with Crippen LogP contribution < -0.4 is 10.9 Å². The largest absolute Gasteiger partial charge is 0.309 e. The Morgan fingerprint density at radius 1 is 1.12 bits per heavy atom. The quantitative estimate of drug-likeness (QED) is 0.559. The van der Waals surface area contributed by atoms with Gasteiger partial charge in [-0.3, -0.25) is 15.6 Å². The SMILES string of the molecule is O=C(NNc1nc2cc(F)cc(F)c2n2cccc12)c1ncccn1. The Morgan fingerprint density at radius 3 is 2.72 bits per heavy atom. The van der Waals surface area contributed by atoms with Crippen molar-refractivity contribution in [2.24, 2.45) is 0 Å². The van der Waals surface area contributed by atoms with Gasteiger partial charge >= 0.3 is 5.91 Å². The number of hydrogen-bond donors (Lipinski definition) is 2. The van der Waals surface area contributed by atoms with Crippen LogP contribution in [0, 0.1) is 11.6 Å². The molecule has 0 spiro atoms. The van der Waals surface area contributed by atoms with E-state index in [0.717, 1.165) is 12.1 Å². The van der Waals surface area contributed by atoms with Gasteiger partial charge in [0.2, 0.25) is 5.82 Å². The number of nitrogens with zero attached hydrogens (tertiary/aromatic N) is 4. The summed E-state index contributed by atoms with van der Waals surface area (Å²) in [6, 6.07) is 6.87. The summed E-state index contributed by atoms with van der Waals surface area (Å²) in [5.41, 5.74) is 5.82. The maximum absolute atomic E-state index is 14.1. The molecule has 0 aliphatic heterocycles. The highest BCUT2D eigenvalue weighted by atomic mass is 19.1. The summed E-state index contributed by atoms with van der Waals surface area (Å²) in [7, 11) is 0. The maximum Gasteiger partial charge on any atom is 0.307 e. The van der Waals surface area contributed by atoms with Gasteiger partial charge in [0.15, 0.2) is 11.6 Å². The lowest BCUT2D eigenvalue weighted by molar-refractivity contribution is 0.0952. The maximum atomic E-state index is 14.1. The van der Waals surface area contributed by atoms with E-state index in [2.05, 4.69) is 25.8 Å². The minimum Gasteiger partial charge on any atom is -0.309 e. The third-order valence-electron chi connectivity index (χ3n) is 3.54. The number of carbonyl (C=O) groups is 1. The summed E-state index contributed by atoms with van der Waals surface area (Å²) in [5, 5.41) is 0. The van der Waals surface area contributed by atoms with Crippen LogP contribution in [0.15, 0.2) is 48.9 Å². The predicted molar refractivity (Wildman–Crippen MR) is 85.7 cm³/mol. The number of hydrogen-bond acceptors (Lipinski definition) is 5. The average molecular weight is 340 g/mol. The first-order valence-corrected chi connectivity index (χ1v) is 7.23. The fraction of sp³-hybridized carbons (Fsp3) is 0. The topological polar surface area (TPSA) is 84.2 Å². The van der Waals surface area contributed by atoms with Crippen LogP contribution in [0.4, 0.5) is 14.6 Å². The predicted octanol–water partition coefficient (Wildman–Crippen LogP) is 2.31. The molecule has 0 aliphatic carbocycles. The normalized spacial score (nSPS) is 11.0. The standard InChI is InChI=1S/C16H10F2N6O/c17-9-7-10(18)13-11(8-9)21-14(12-3-1-6-24(12)13)22-23-16(25)15-19-4-2-5-20-15/h1-8H,(H,21,22)(H,23,25). The number of anilines is 1. The number of halogens is 2. The van der Waals surface area contributed by atoms with Crippen LogP contribution in [-0.4, -0.2) is 25.3 Å². The molecule has 0 unspecified atom stereocenters. The molecule has 4 rings (SSSR count). The summed E-state index contributed by atoms with van der Waals surface area (Å²) >= 11 is 0. The van der Waals surface area contributed by atoms with E-state index in [4.69, 9.17) is 0 Å². The second-order valence-corrected chi connectivity index (χ2v) is 5.13. The van der Waals surface area contributed by atoms with E-state index in [1.54, 1.807) is 24.4 Å². The first-order valence-electron chi connectivity index (χ1n) is 7.23. The Hall–Kier alpha value is -3.62. The molecule has 0 fully saturated rings. The van der Waals surface area contributed by atoms with Gasteiger partial charge in [-0.25, -0.2) is 23.7 Å². The smallest absolute Gasteiger partial charge is 0.307 e. The summed E-state index contributed by atoms with van der Waals surface area (Å²) in [6.45, 7) is 0. The highest BCUT2D eigenvalue weighted by Gasteiger charge is 2.14. The van der Waals surface area contributed by atoms with E-state index < -0.39 is 17.5 Å². The zero-order chi connectivity index (χ0) is 17.4. The molecule has 0 radical (unpaired) electrons. The molecule has 0 saturated heterocycles. The van der Waals surface area contributed by atoms with Crippen LogP contribution in [0.5, 0.6) is 0 Å². The number of fused-ring (bicyclic) bond motifs is 3. The Kier molecular flexibility index (Phi) is 3.46. The molecule has 1 amide bonds. The Morgan fingerprint density at radius 2 is 1.92 bits per heavy atom. The van der Waals surface area contributed by atoms with Crippen LogP contribution in [0.3, 0.4) is 0 Å². The zero-order valence-corrected chi connectivity index (χ0v) is 12.6. The first kappa shape index (κ1) is 14.9. The van der Waals surface area contributed by atoms with Gasteiger partial charge in [-0.05, 0) is 18.2 Å². The van der Waals surface area contributed by atoms with Crippen molar-refractivity contribution in [1.29, 1.82) is 0 Å². The highest BCUT2D eigenvalue weighted by Crippen LogP contribution is 2.24. The number of nitrogens with one attached hydrogen (secondary N) is 2. The van der Waals surface area contributed by atoms with Crippen molar-refractivity contribution in [3.63, 3.8) is 0 Å². The number of hydrazine groups is 1. The number of carbonyl (C=O) groups excluding carboxylic acids is 1. The molecule has 124 valence electrons. The Bertz CT molecular complexity index is 1100. The number of amides is 1. The second kappa shape index (κ2) is 5.78. The average Bonchev–Trinajstić information content (AvgIpc) is 3.09. The lowest BCUT2D eigenvalue weighted by Gasteiger charge is -2.11. The van der Waals surface area contributed by atoms with Crippen molar-refractivity contribution >= 4 is 28.3 Å². The van der Waals surface area contributed by atoms with Crippen molar-refractivity contribution < 1.29 is 13.6 Å². The lowest BCUT2D eigenvalue weighted by atomic mass is 10.2. The highest BCUT2D eigenvalue weighted by molar-refractivity contribution is 5.92. The van der Waals surface area contributed by atoms with Crippen LogP contribution in [0.2, 0.25) is 0 Å². The van der Waals surface area contributed by atoms with Gasteiger partial charge in [-0.2, -0.15) is 0 Å². The van der Waals surface area contributed by atoms with Crippen molar-refractivity contribution in [3.8, 4) is 0 Å². The Balaban J connectivity index is 1.74. The molecule has 0 bridgehead atoms. The molecule has 2 N–H and O–H groups in total. The molecular weight excluding hydrogens is 330 g/mol. The van der Waals surface area contributed by atoms with E-state index in [-0.39, 0.29) is 22.7 Å². The van der Waals surface area contributed by atoms with Crippen molar-refractivity contribution in [2.75, 3.05) is 5.43 Å². The number of rotatable bonds is 3. The monoisotopic (exact) mass is 340 g/mol. The van der Waals surface area contributed by atoms with Crippen molar-refractivity contribution in [1.82, 2.24) is 24.8 Å². The minimum absolute atomic E-state index is 0.0284. The van der Waals surface area contributed by atoms with Crippen molar-refractivity contribution in [3.05, 3.63) is 66.4 Å². The summed E-state index contributed by atoms with van der Waals surface area (Å²) < 4.78 is 29.1. The third kappa shape index (κ3) is 2.61. The molecule has 0 saturated carbocycles. The molecule has 0 aliphatic rings. The molecule has 3 heterocycles. The number of benzene rings is 1. The number of aromatic nitrogens is 4. The molecule has 3 aromatic heterocycles. The lowest BCUT2D eigenvalue weighted by Crippen LogP contribution is -2.31. The van der Waals surface area contributed by atoms with E-state index in [0.29, 0.717) is 5.52 Å². The van der Waals surface area contributed by atoms with Gasteiger partial charge in [0, 0.05) is 30.7 Å². The van der Waals surface area contributed by atoms with Gasteiger partial charge in [-0.15, -0.1) is 0 Å². The van der Waals surface area contributed by atoms with Gasteiger partial charge < -0.3 is 4.40 Å². The molecular formula is C16H10F2N6O. The van der Waals surface area contributed by atoms with E-state index in [1.807, 2.05) is 0 Å². The van der Waals surface area contributed by atoms with Gasteiger partial charge in [0.05, 0.1) is 11.0 Å². The molecule has 0 atom stereocenters. The fourth-order valence-corrected chi connectivity index (χ4v) is 2.50. The molecule has 9 heteroatoms. The van der Waals surface area contributed by atoms with Crippen molar-refractivity contribution in [2.45, 2.75) is 0 Å². The first-order chi connectivity index (χ1) is 12.1. The third-order valence-corrected chi connectivity index (χ3v) is 3.54. The van der Waals surface area contributed by atoms with E-state index >= 15 is 0 Å². The zero-order valence-electron chi connectivity index (χ0n) is 12.6. The van der Waals surface area contributed by atoms with E-state index in [9.17, 15) is 13.6 Å². The van der Waals surface area contributed by atoms with Gasteiger partial charge in [0.25, 0.3) is 0 Å². The summed E-state index contributed by atoms with van der Waals surface area (Å²) in [6.07, 6.45) is 4.49. The van der Waals surface area contributed by atoms with Gasteiger partial charge in [-0.1, -0.05) is 0 Å². The minimum atomic E-state index is -0.739. The summed E-state index contributed by atoms with van der Waals surface area (Å²) in [4.78, 5) is 23.9. The molecule has 25 heavy (non-hydrogen) atoms. The van der Waals surface area contributed by atoms with E-state index in [1.165, 1.54) is 16.8 Å². The summed E-state index contributed by atoms with van der Waals surface area (Å²) in [5.74, 6) is -1.84. The second-order valence-electron chi connectivity index (χ2n) is 5.13. The fourth-order valence-electron chi connectivity index (χ4n) is 2.50. The van der Waals surface area contributed by atoms with Gasteiger partial charge in [0.1, 0.15) is 11.3 Å². The van der Waals surface area contributed by atoms with Crippen LogP contribution in [-0.2, 0) is 0 Å². The molecule has 7 nitrogen and oxygen atoms in total. The molecule has 4 aromatic rings.